The van der Waals surface area contributed by atoms with Crippen LogP contribution in [0.3, 0.4) is 0 Å². The van der Waals surface area contributed by atoms with Gasteiger partial charge in [0.1, 0.15) is 6.04 Å². The number of aliphatic hydroxyl groups is 1. The lowest BCUT2D eigenvalue weighted by Crippen LogP contribution is -2.57. The predicted molar refractivity (Wildman–Crippen MR) is 149 cm³/mol. The summed E-state index contributed by atoms with van der Waals surface area (Å²) < 4.78 is -1.52. The van der Waals surface area contributed by atoms with E-state index in [2.05, 4.69) is 18.2 Å². The van der Waals surface area contributed by atoms with Gasteiger partial charge in [0.2, 0.25) is 17.7 Å². The number of rotatable bonds is 4. The zero-order valence-corrected chi connectivity index (χ0v) is 23.0. The molecule has 0 bridgehead atoms. The molecule has 1 aromatic rings. The molecule has 1 spiro atoms. The van der Waals surface area contributed by atoms with E-state index in [0.29, 0.717) is 13.1 Å². The van der Waals surface area contributed by atoms with Crippen LogP contribution in [0.2, 0.25) is 0 Å². The Kier molecular flexibility index (Phi) is 6.46. The second-order valence-electron chi connectivity index (χ2n) is 11.6. The van der Waals surface area contributed by atoms with Crippen molar-refractivity contribution < 1.29 is 19.5 Å². The Labute approximate surface area is 228 Å². The number of amides is 3. The molecule has 3 fully saturated rings. The van der Waals surface area contributed by atoms with Crippen LogP contribution in [-0.4, -0.2) is 79.9 Å². The van der Waals surface area contributed by atoms with E-state index in [1.807, 2.05) is 48.2 Å². The van der Waals surface area contributed by atoms with Gasteiger partial charge in [-0.3, -0.25) is 14.4 Å². The molecule has 2 saturated heterocycles. The van der Waals surface area contributed by atoms with Crippen molar-refractivity contribution in [3.05, 3.63) is 54.6 Å². The van der Waals surface area contributed by atoms with Gasteiger partial charge in [-0.1, -0.05) is 61.8 Å². The van der Waals surface area contributed by atoms with Crippen molar-refractivity contribution in [3.8, 4) is 0 Å². The first kappa shape index (κ1) is 25.7. The van der Waals surface area contributed by atoms with Crippen LogP contribution in [0.1, 0.15) is 46.0 Å². The SMILES string of the molecule is C[C@H](CO)N1C(=O)[C@@H]2[C@H]3C(=O)N(c4ccccc4)CC=C[C@@]3(C)S[C@@]23C=CCN(C2CCCCC2)C(=O)C13. The maximum Gasteiger partial charge on any atom is 0.247 e. The molecule has 1 N–H and O–H groups in total. The highest BCUT2D eigenvalue weighted by Gasteiger charge is 2.74. The minimum absolute atomic E-state index is 0.0399. The van der Waals surface area contributed by atoms with Crippen LogP contribution in [-0.2, 0) is 14.4 Å². The Balaban J connectivity index is 1.46. The Morgan fingerprint density at radius 1 is 0.947 bits per heavy atom. The molecule has 1 aromatic carbocycles. The third-order valence-corrected chi connectivity index (χ3v) is 11.1. The van der Waals surface area contributed by atoms with Crippen molar-refractivity contribution in [3.63, 3.8) is 0 Å². The third-order valence-electron chi connectivity index (χ3n) is 9.35. The van der Waals surface area contributed by atoms with Crippen LogP contribution < -0.4 is 4.90 Å². The van der Waals surface area contributed by atoms with Crippen molar-refractivity contribution in [1.82, 2.24) is 9.80 Å². The molecule has 1 aliphatic carbocycles. The number of carbonyl (C=O) groups excluding carboxylic acids is 3. The summed E-state index contributed by atoms with van der Waals surface area (Å²) in [5.41, 5.74) is 0.802. The Morgan fingerprint density at radius 2 is 1.66 bits per heavy atom. The van der Waals surface area contributed by atoms with Gasteiger partial charge in [-0.05, 0) is 38.8 Å². The minimum Gasteiger partial charge on any atom is -0.394 e. The summed E-state index contributed by atoms with van der Waals surface area (Å²) in [7, 11) is 0. The smallest absolute Gasteiger partial charge is 0.247 e. The maximum absolute atomic E-state index is 14.5. The largest absolute Gasteiger partial charge is 0.394 e. The molecule has 6 rings (SSSR count). The molecular formula is C30H37N3O4S. The first-order valence-corrected chi connectivity index (χ1v) is 14.8. The van der Waals surface area contributed by atoms with Gasteiger partial charge < -0.3 is 19.8 Å². The molecule has 3 amide bonds. The number of aliphatic hydroxyl groups excluding tert-OH is 1. The highest BCUT2D eigenvalue weighted by molar-refractivity contribution is 8.02. The molecular weight excluding hydrogens is 498 g/mol. The molecule has 6 atom stereocenters. The summed E-state index contributed by atoms with van der Waals surface area (Å²) in [6.07, 6.45) is 13.6. The van der Waals surface area contributed by atoms with E-state index in [1.54, 1.807) is 28.5 Å². The highest BCUT2D eigenvalue weighted by atomic mass is 32.2. The van der Waals surface area contributed by atoms with Crippen molar-refractivity contribution in [2.75, 3.05) is 24.6 Å². The molecule has 0 radical (unpaired) electrons. The monoisotopic (exact) mass is 535 g/mol. The zero-order chi connectivity index (χ0) is 26.7. The van der Waals surface area contributed by atoms with Gasteiger partial charge in [-0.2, -0.15) is 0 Å². The average molecular weight is 536 g/mol. The van der Waals surface area contributed by atoms with Gasteiger partial charge in [0.25, 0.3) is 0 Å². The molecule has 1 saturated carbocycles. The summed E-state index contributed by atoms with van der Waals surface area (Å²) in [5, 5.41) is 10.2. The quantitative estimate of drug-likeness (QED) is 0.598. The van der Waals surface area contributed by atoms with Gasteiger partial charge in [0.15, 0.2) is 0 Å². The summed E-state index contributed by atoms with van der Waals surface area (Å²) in [6.45, 7) is 4.57. The second-order valence-corrected chi connectivity index (χ2v) is 13.4. The molecule has 8 heteroatoms. The van der Waals surface area contributed by atoms with E-state index >= 15 is 0 Å². The van der Waals surface area contributed by atoms with Gasteiger partial charge in [-0.15, -0.1) is 11.8 Å². The van der Waals surface area contributed by atoms with E-state index in [0.717, 1.165) is 31.4 Å². The number of hydrogen-bond donors (Lipinski definition) is 1. The lowest BCUT2D eigenvalue weighted by atomic mass is 9.74. The number of hydrogen-bond acceptors (Lipinski definition) is 5. The third kappa shape index (κ3) is 3.70. The van der Waals surface area contributed by atoms with E-state index in [9.17, 15) is 19.5 Å². The molecule has 5 aliphatic rings. The van der Waals surface area contributed by atoms with Crippen LogP contribution in [0.15, 0.2) is 54.6 Å². The number of carbonyl (C=O) groups is 3. The number of thioether (sulfide) groups is 1. The topological polar surface area (TPSA) is 81.2 Å². The second kappa shape index (κ2) is 9.56. The van der Waals surface area contributed by atoms with Crippen LogP contribution in [0.5, 0.6) is 0 Å². The van der Waals surface area contributed by atoms with Crippen molar-refractivity contribution in [1.29, 1.82) is 0 Å². The molecule has 4 aliphatic heterocycles. The molecule has 38 heavy (non-hydrogen) atoms. The van der Waals surface area contributed by atoms with Gasteiger partial charge in [-0.25, -0.2) is 0 Å². The van der Waals surface area contributed by atoms with Crippen LogP contribution in [0, 0.1) is 11.8 Å². The lowest BCUT2D eigenvalue weighted by Gasteiger charge is -2.41. The van der Waals surface area contributed by atoms with E-state index < -0.39 is 33.4 Å². The Morgan fingerprint density at radius 3 is 2.37 bits per heavy atom. The van der Waals surface area contributed by atoms with Crippen molar-refractivity contribution >= 4 is 35.2 Å². The number of fused-ring (bicyclic) bond motifs is 2. The molecule has 1 unspecified atom stereocenters. The first-order chi connectivity index (χ1) is 18.3. The Bertz CT molecular complexity index is 1180. The summed E-state index contributed by atoms with van der Waals surface area (Å²) in [4.78, 5) is 48.6. The van der Waals surface area contributed by atoms with Gasteiger partial charge >= 0.3 is 0 Å². The zero-order valence-electron chi connectivity index (χ0n) is 22.2. The molecule has 202 valence electrons. The van der Waals surface area contributed by atoms with E-state index in [4.69, 9.17) is 0 Å². The number of likely N-dealkylation sites (tertiary alicyclic amines) is 1. The van der Waals surface area contributed by atoms with Crippen molar-refractivity contribution in [2.24, 2.45) is 11.8 Å². The maximum atomic E-state index is 14.5. The van der Waals surface area contributed by atoms with Crippen LogP contribution in [0.25, 0.3) is 0 Å². The van der Waals surface area contributed by atoms with Crippen molar-refractivity contribution in [2.45, 2.75) is 73.6 Å². The van der Waals surface area contributed by atoms with E-state index in [-0.39, 0.29) is 30.4 Å². The number of benzene rings is 1. The van der Waals surface area contributed by atoms with Crippen LogP contribution >= 0.6 is 11.8 Å². The fourth-order valence-electron chi connectivity index (χ4n) is 7.60. The van der Waals surface area contributed by atoms with E-state index in [1.165, 1.54) is 6.42 Å². The number of para-hydroxylation sites is 1. The van der Waals surface area contributed by atoms with Gasteiger partial charge in [0.05, 0.1) is 29.2 Å². The van der Waals surface area contributed by atoms with Gasteiger partial charge in [0, 0.05) is 29.6 Å². The molecule has 0 aromatic heterocycles. The molecule has 4 heterocycles. The summed E-state index contributed by atoms with van der Waals surface area (Å²) >= 11 is 1.60. The number of anilines is 1. The fourth-order valence-corrected chi connectivity index (χ4v) is 9.75. The first-order valence-electron chi connectivity index (χ1n) is 14.0. The average Bonchev–Trinajstić information content (AvgIpc) is 3.21. The highest BCUT2D eigenvalue weighted by Crippen LogP contribution is 2.66. The summed E-state index contributed by atoms with van der Waals surface area (Å²) in [5.74, 6) is -1.64. The Hall–Kier alpha value is -2.58. The summed E-state index contributed by atoms with van der Waals surface area (Å²) in [6, 6.07) is 8.48. The fraction of sp³-hybridized carbons (Fsp3) is 0.567. The van der Waals surface area contributed by atoms with Crippen LogP contribution in [0.4, 0.5) is 5.69 Å². The molecule has 7 nitrogen and oxygen atoms in total. The standard InChI is InChI=1S/C30H37N3O4S/c1-20(19-34)33-25-28(37)32(22-13-7-4-8-14-22)18-10-16-30(25)24(27(33)36)23-26(35)31(21-11-5-3-6-12-21)17-9-15-29(23,2)38-30/h3,5-6,9-12,15-16,20,22-25,34H,4,7-8,13-14,17-19H2,1-2H3/t20-,23+,24+,25?,29-,30+/m1/s1. The predicted octanol–water partition coefficient (Wildman–Crippen LogP) is 3.39. The number of nitrogens with zero attached hydrogens (tertiary/aromatic N) is 3. The lowest BCUT2D eigenvalue weighted by molar-refractivity contribution is -0.146. The normalized spacial score (nSPS) is 36.1. The minimum atomic E-state index is -0.875.